The molecule has 7 heteroatoms. The molecule has 4 nitrogen and oxygen atoms in total. The molecule has 0 radical (unpaired) electrons. The minimum atomic E-state index is -2.37. The molecule has 1 atom stereocenters. The second kappa shape index (κ2) is 7.66. The third-order valence-electron chi connectivity index (χ3n) is 2.01. The first-order chi connectivity index (χ1) is 7.47. The van der Waals surface area contributed by atoms with Gasteiger partial charge in [0.25, 0.3) is 0 Å². The van der Waals surface area contributed by atoms with Gasteiger partial charge in [-0.3, -0.25) is 4.21 Å². The Morgan fingerprint density at radius 1 is 1.53 bits per heavy atom. The largest absolute Gasteiger partial charge is 1.00 e. The van der Waals surface area contributed by atoms with Crippen LogP contribution in [-0.2, 0) is 15.8 Å². The van der Waals surface area contributed by atoms with Gasteiger partial charge in [0.2, 0.25) is 0 Å². The fraction of sp³-hybridized carbons (Fsp3) is 0.300. The van der Waals surface area contributed by atoms with Crippen LogP contribution in [-0.4, -0.2) is 21.3 Å². The molecule has 0 bridgehead atoms. The molecule has 0 N–H and O–H groups in total. The summed E-state index contributed by atoms with van der Waals surface area (Å²) in [6, 6.07) is 2.75. The summed E-state index contributed by atoms with van der Waals surface area (Å²) in [6.07, 6.45) is 0. The topological polar surface area (TPSA) is 66.4 Å². The molecular weight excluding hydrogens is 319 g/mol. The van der Waals surface area contributed by atoms with Crippen molar-refractivity contribution in [3.05, 3.63) is 27.7 Å². The Balaban J connectivity index is 0.00000256. The van der Waals surface area contributed by atoms with Gasteiger partial charge in [0.05, 0.1) is 12.2 Å². The summed E-state index contributed by atoms with van der Waals surface area (Å²) < 4.78 is 27.1. The molecule has 17 heavy (non-hydrogen) atoms. The molecule has 0 aliphatic heterocycles. The Labute approximate surface area is 133 Å². The molecule has 0 fully saturated rings. The van der Waals surface area contributed by atoms with E-state index in [1.165, 1.54) is 12.1 Å². The molecule has 1 aromatic rings. The number of halogens is 1. The van der Waals surface area contributed by atoms with Crippen LogP contribution in [0.25, 0.3) is 0 Å². The van der Waals surface area contributed by atoms with Crippen molar-refractivity contribution in [3.63, 3.8) is 0 Å². The Morgan fingerprint density at radius 2 is 2.12 bits per heavy atom. The molecule has 0 heterocycles. The first kappa shape index (κ1) is 17.3. The van der Waals surface area contributed by atoms with E-state index in [1.807, 2.05) is 0 Å². The predicted octanol–water partition coefficient (Wildman–Crippen LogP) is -0.824. The van der Waals surface area contributed by atoms with E-state index in [0.717, 1.165) is 0 Å². The average molecular weight is 329 g/mol. The van der Waals surface area contributed by atoms with Crippen LogP contribution in [0.5, 0.6) is 0 Å². The van der Waals surface area contributed by atoms with Crippen LogP contribution in [0.3, 0.4) is 0 Å². The summed E-state index contributed by atoms with van der Waals surface area (Å²) in [7, 11) is 0. The number of esters is 1. The van der Waals surface area contributed by atoms with Gasteiger partial charge >= 0.3 is 35.5 Å². The molecule has 0 aliphatic rings. The summed E-state index contributed by atoms with van der Waals surface area (Å²) in [5, 5.41) is 0. The molecule has 0 saturated heterocycles. The number of hydrogen-bond donors (Lipinski definition) is 0. The van der Waals surface area contributed by atoms with E-state index in [0.29, 0.717) is 10.0 Å². The summed E-state index contributed by atoms with van der Waals surface area (Å²) in [6.45, 7) is 3.66. The van der Waals surface area contributed by atoms with Crippen molar-refractivity contribution >= 4 is 33.0 Å². The van der Waals surface area contributed by atoms with Gasteiger partial charge in [0, 0.05) is 9.37 Å². The van der Waals surface area contributed by atoms with E-state index < -0.39 is 17.0 Å². The average Bonchev–Trinajstić information content (AvgIpc) is 2.21. The minimum Gasteiger partial charge on any atom is -0.768 e. The van der Waals surface area contributed by atoms with Crippen molar-refractivity contribution in [2.24, 2.45) is 0 Å². The molecule has 0 spiro atoms. The predicted molar refractivity (Wildman–Crippen MR) is 62.0 cm³/mol. The number of ether oxygens (including phenoxy) is 1. The monoisotopic (exact) mass is 328 g/mol. The van der Waals surface area contributed by atoms with Gasteiger partial charge < -0.3 is 9.29 Å². The van der Waals surface area contributed by atoms with Crippen molar-refractivity contribution in [1.29, 1.82) is 0 Å². The number of hydrogen-bond acceptors (Lipinski definition) is 4. The molecule has 0 saturated carbocycles. The maximum Gasteiger partial charge on any atom is 1.00 e. The van der Waals surface area contributed by atoms with Gasteiger partial charge in [0.15, 0.2) is 0 Å². The normalized spacial score (nSPS) is 11.5. The van der Waals surface area contributed by atoms with Crippen LogP contribution in [0, 0.1) is 6.92 Å². The molecule has 88 valence electrons. The van der Waals surface area contributed by atoms with E-state index >= 15 is 0 Å². The van der Waals surface area contributed by atoms with Crippen LogP contribution in [0.1, 0.15) is 22.8 Å². The van der Waals surface area contributed by atoms with Crippen molar-refractivity contribution in [2.45, 2.75) is 18.7 Å². The third-order valence-corrected chi connectivity index (χ3v) is 3.45. The van der Waals surface area contributed by atoms with Crippen LogP contribution in [0.15, 0.2) is 21.5 Å². The number of benzene rings is 1. The number of carbonyl (C=O) groups excluding carboxylic acids is 1. The Morgan fingerprint density at radius 3 is 2.59 bits per heavy atom. The number of carbonyl (C=O) groups is 1. The van der Waals surface area contributed by atoms with Gasteiger partial charge in [-0.25, -0.2) is 4.79 Å². The fourth-order valence-electron chi connectivity index (χ4n) is 1.17. The van der Waals surface area contributed by atoms with Gasteiger partial charge in [-0.1, -0.05) is 15.9 Å². The van der Waals surface area contributed by atoms with Crippen molar-refractivity contribution < 1.29 is 47.9 Å². The molecule has 1 unspecified atom stereocenters. The third kappa shape index (κ3) is 4.46. The van der Waals surface area contributed by atoms with Crippen LogP contribution in [0.4, 0.5) is 0 Å². The first-order valence-electron chi connectivity index (χ1n) is 4.54. The van der Waals surface area contributed by atoms with Gasteiger partial charge in [-0.2, -0.15) is 0 Å². The zero-order valence-corrected chi connectivity index (χ0v) is 14.2. The van der Waals surface area contributed by atoms with E-state index in [-0.39, 0.29) is 46.6 Å². The quantitative estimate of drug-likeness (QED) is 0.413. The SMILES string of the molecule is CCOC(=O)c1cc(S(=O)[O-])cc(Br)c1C.[Na+]. The summed E-state index contributed by atoms with van der Waals surface area (Å²) in [5.74, 6) is -0.520. The minimum absolute atomic E-state index is 0. The fourth-order valence-corrected chi connectivity index (χ4v) is 2.21. The van der Waals surface area contributed by atoms with Crippen LogP contribution >= 0.6 is 15.9 Å². The van der Waals surface area contributed by atoms with Gasteiger partial charge in [0.1, 0.15) is 0 Å². The number of rotatable bonds is 3. The molecule has 1 aromatic carbocycles. The summed E-state index contributed by atoms with van der Waals surface area (Å²) >= 11 is 0.837. The van der Waals surface area contributed by atoms with Crippen LogP contribution in [0.2, 0.25) is 0 Å². The van der Waals surface area contributed by atoms with Gasteiger partial charge in [-0.15, -0.1) is 0 Å². The Bertz CT molecular complexity index is 450. The Kier molecular flexibility index (Phi) is 7.78. The first-order valence-corrected chi connectivity index (χ1v) is 6.40. The van der Waals surface area contributed by atoms with E-state index in [1.54, 1.807) is 13.8 Å². The second-order valence-corrected chi connectivity index (χ2v) is 4.83. The molecule has 0 amide bonds. The van der Waals surface area contributed by atoms with Crippen LogP contribution < -0.4 is 29.6 Å². The van der Waals surface area contributed by atoms with Crippen molar-refractivity contribution in [2.75, 3.05) is 6.61 Å². The summed E-state index contributed by atoms with van der Waals surface area (Å²) in [4.78, 5) is 11.6. The zero-order valence-electron chi connectivity index (χ0n) is 9.78. The Hall–Kier alpha value is 0.280. The van der Waals surface area contributed by atoms with E-state index in [2.05, 4.69) is 15.9 Å². The zero-order chi connectivity index (χ0) is 12.3. The van der Waals surface area contributed by atoms with Crippen molar-refractivity contribution in [3.8, 4) is 0 Å². The molecule has 1 rings (SSSR count). The van der Waals surface area contributed by atoms with E-state index in [9.17, 15) is 13.6 Å². The smallest absolute Gasteiger partial charge is 0.768 e. The maximum absolute atomic E-state index is 11.5. The second-order valence-electron chi connectivity index (χ2n) is 3.03. The van der Waals surface area contributed by atoms with E-state index in [4.69, 9.17) is 4.74 Å². The molecule has 0 aliphatic carbocycles. The van der Waals surface area contributed by atoms with Gasteiger partial charge in [-0.05, 0) is 42.6 Å². The standard InChI is InChI=1S/C10H11BrO4S.Na/c1-3-15-10(12)8-4-7(16(13)14)5-9(11)6(8)2;/h4-5H,3H2,1-2H3,(H,13,14);/q;+1/p-1. The molecule has 0 aromatic heterocycles. The van der Waals surface area contributed by atoms with Crippen molar-refractivity contribution in [1.82, 2.24) is 0 Å². The molecular formula is C10H10BrNaO4S. The summed E-state index contributed by atoms with van der Waals surface area (Å²) in [5.41, 5.74) is 0.920. The maximum atomic E-state index is 11.5.